The lowest BCUT2D eigenvalue weighted by Crippen LogP contribution is -2.17. The maximum atomic E-state index is 10.9. The van der Waals surface area contributed by atoms with Crippen LogP contribution in [0.25, 0.3) is 0 Å². The van der Waals surface area contributed by atoms with Gasteiger partial charge in [-0.2, -0.15) is 0 Å². The highest BCUT2D eigenvalue weighted by molar-refractivity contribution is 7.90. The zero-order chi connectivity index (χ0) is 13.8. The molecule has 1 heterocycles. The van der Waals surface area contributed by atoms with E-state index >= 15 is 0 Å². The molecule has 0 aliphatic carbocycles. The molecule has 4 nitrogen and oxygen atoms in total. The molecule has 0 atom stereocenters. The number of sulfone groups is 1. The Morgan fingerprint density at radius 2 is 2.06 bits per heavy atom. The van der Waals surface area contributed by atoms with Crippen molar-refractivity contribution in [2.75, 3.05) is 18.6 Å². The fraction of sp³-hybridized carbons (Fsp3) is 0.750. The summed E-state index contributed by atoms with van der Waals surface area (Å²) in [5.74, 6) is 0.246. The third-order valence-corrected chi connectivity index (χ3v) is 4.82. The molecular formula is C12H22N2O2S2. The van der Waals surface area contributed by atoms with E-state index in [-0.39, 0.29) is 11.2 Å². The third kappa shape index (κ3) is 5.93. The Balaban J connectivity index is 2.30. The molecule has 0 amide bonds. The molecule has 18 heavy (non-hydrogen) atoms. The van der Waals surface area contributed by atoms with Crippen molar-refractivity contribution in [2.24, 2.45) is 0 Å². The van der Waals surface area contributed by atoms with Gasteiger partial charge in [-0.15, -0.1) is 11.3 Å². The van der Waals surface area contributed by atoms with Gasteiger partial charge in [-0.1, -0.05) is 20.8 Å². The van der Waals surface area contributed by atoms with Gasteiger partial charge in [-0.25, -0.2) is 13.4 Å². The van der Waals surface area contributed by atoms with Gasteiger partial charge in [0.2, 0.25) is 0 Å². The first kappa shape index (κ1) is 15.6. The van der Waals surface area contributed by atoms with Crippen molar-refractivity contribution in [2.45, 2.75) is 39.2 Å². The fourth-order valence-electron chi connectivity index (χ4n) is 1.41. The molecule has 0 fully saturated rings. The lowest BCUT2D eigenvalue weighted by atomic mass is 9.98. The van der Waals surface area contributed by atoms with E-state index in [9.17, 15) is 8.42 Å². The van der Waals surface area contributed by atoms with Gasteiger partial charge < -0.3 is 5.32 Å². The maximum Gasteiger partial charge on any atom is 0.147 e. The van der Waals surface area contributed by atoms with Crippen LogP contribution in [0.2, 0.25) is 0 Å². The van der Waals surface area contributed by atoms with Crippen molar-refractivity contribution < 1.29 is 8.42 Å². The molecule has 1 aromatic rings. The quantitative estimate of drug-likeness (QED) is 0.814. The van der Waals surface area contributed by atoms with Gasteiger partial charge in [-0.3, -0.25) is 0 Å². The summed E-state index contributed by atoms with van der Waals surface area (Å²) >= 11 is 1.71. The summed E-state index contributed by atoms with van der Waals surface area (Å²) in [6.45, 7) is 7.92. The number of hydrogen-bond acceptors (Lipinski definition) is 5. The van der Waals surface area contributed by atoms with Crippen molar-refractivity contribution in [3.05, 3.63) is 16.1 Å². The predicted molar refractivity (Wildman–Crippen MR) is 76.8 cm³/mol. The van der Waals surface area contributed by atoms with Gasteiger partial charge in [0.25, 0.3) is 0 Å². The van der Waals surface area contributed by atoms with Crippen LogP contribution in [-0.2, 0) is 21.8 Å². The van der Waals surface area contributed by atoms with Crippen molar-refractivity contribution >= 4 is 21.2 Å². The minimum absolute atomic E-state index is 0.0964. The highest BCUT2D eigenvalue weighted by Gasteiger charge is 2.17. The molecule has 6 heteroatoms. The van der Waals surface area contributed by atoms with E-state index in [1.165, 1.54) is 11.1 Å². The van der Waals surface area contributed by atoms with E-state index in [1.54, 1.807) is 11.3 Å². The van der Waals surface area contributed by atoms with Crippen LogP contribution >= 0.6 is 11.3 Å². The van der Waals surface area contributed by atoms with E-state index in [0.29, 0.717) is 6.42 Å². The number of nitrogens with zero attached hydrogens (tertiary/aromatic N) is 1. The maximum absolute atomic E-state index is 10.9. The van der Waals surface area contributed by atoms with E-state index in [1.807, 2.05) is 6.20 Å². The molecule has 1 rings (SSSR count). The Labute approximate surface area is 114 Å². The average Bonchev–Trinajstić information content (AvgIpc) is 2.63. The molecule has 1 N–H and O–H groups in total. The minimum atomic E-state index is -2.83. The van der Waals surface area contributed by atoms with E-state index in [0.717, 1.165) is 18.1 Å². The number of thiazole rings is 1. The molecule has 0 unspecified atom stereocenters. The van der Waals surface area contributed by atoms with E-state index in [2.05, 4.69) is 31.1 Å². The predicted octanol–water partition coefficient (Wildman–Crippen LogP) is 1.96. The summed E-state index contributed by atoms with van der Waals surface area (Å²) in [5.41, 5.74) is 0.0964. The summed E-state index contributed by atoms with van der Waals surface area (Å²) in [6.07, 6.45) is 3.82. The number of nitrogens with one attached hydrogen (secondary N) is 1. The topological polar surface area (TPSA) is 59.1 Å². The number of hydrogen-bond donors (Lipinski definition) is 1. The second-order valence-corrected chi connectivity index (χ2v) is 8.92. The van der Waals surface area contributed by atoms with Gasteiger partial charge in [0.15, 0.2) is 0 Å². The second-order valence-electron chi connectivity index (χ2n) is 5.54. The lowest BCUT2D eigenvalue weighted by molar-refractivity contribution is 0.585. The Hall–Kier alpha value is -0.460. The number of rotatable bonds is 6. The minimum Gasteiger partial charge on any atom is -0.312 e. The molecular weight excluding hydrogens is 268 g/mol. The van der Waals surface area contributed by atoms with Gasteiger partial charge in [0.05, 0.1) is 10.8 Å². The first-order chi connectivity index (χ1) is 8.18. The largest absolute Gasteiger partial charge is 0.312 e. The SMILES string of the molecule is CC(C)(C)c1ncc(CNCCCS(C)(=O)=O)s1. The smallest absolute Gasteiger partial charge is 0.147 e. The third-order valence-electron chi connectivity index (χ3n) is 2.36. The molecule has 1 aromatic heterocycles. The molecule has 0 bridgehead atoms. The van der Waals surface area contributed by atoms with E-state index in [4.69, 9.17) is 0 Å². The van der Waals surface area contributed by atoms with Crippen LogP contribution in [-0.4, -0.2) is 32.0 Å². The normalized spacial score (nSPS) is 12.9. The molecule has 0 saturated carbocycles. The number of aromatic nitrogens is 1. The highest BCUT2D eigenvalue weighted by atomic mass is 32.2. The Morgan fingerprint density at radius 3 is 2.56 bits per heavy atom. The monoisotopic (exact) mass is 290 g/mol. The standard InChI is InChI=1S/C12H22N2O2S2/c1-12(2,3)11-14-9-10(17-11)8-13-6-5-7-18(4,15)16/h9,13H,5-8H2,1-4H3. The Bertz CT molecular complexity index is 473. The second kappa shape index (κ2) is 6.12. The summed E-state index contributed by atoms with van der Waals surface area (Å²) in [7, 11) is -2.83. The lowest BCUT2D eigenvalue weighted by Gasteiger charge is -2.13. The summed E-state index contributed by atoms with van der Waals surface area (Å²) < 4.78 is 21.9. The van der Waals surface area contributed by atoms with Crippen LogP contribution in [0.3, 0.4) is 0 Å². The van der Waals surface area contributed by atoms with Crippen LogP contribution in [0.15, 0.2) is 6.20 Å². The van der Waals surface area contributed by atoms with E-state index < -0.39 is 9.84 Å². The summed E-state index contributed by atoms with van der Waals surface area (Å²) in [6, 6.07) is 0. The van der Waals surface area contributed by atoms with Crippen LogP contribution in [0, 0.1) is 0 Å². The molecule has 0 aromatic carbocycles. The molecule has 0 radical (unpaired) electrons. The molecule has 0 aliphatic heterocycles. The van der Waals surface area contributed by atoms with Gasteiger partial charge in [0.1, 0.15) is 9.84 Å². The fourth-order valence-corrected chi connectivity index (χ4v) is 3.02. The van der Waals surface area contributed by atoms with Gasteiger partial charge in [-0.05, 0) is 13.0 Å². The molecule has 0 spiro atoms. The summed E-state index contributed by atoms with van der Waals surface area (Å²) in [4.78, 5) is 5.60. The summed E-state index contributed by atoms with van der Waals surface area (Å²) in [5, 5.41) is 4.38. The Morgan fingerprint density at radius 1 is 1.39 bits per heavy atom. The van der Waals surface area contributed by atoms with Crippen LogP contribution in [0.4, 0.5) is 0 Å². The zero-order valence-electron chi connectivity index (χ0n) is 11.5. The zero-order valence-corrected chi connectivity index (χ0v) is 13.1. The first-order valence-electron chi connectivity index (χ1n) is 6.02. The molecule has 0 aliphatic rings. The van der Waals surface area contributed by atoms with Crippen LogP contribution < -0.4 is 5.32 Å². The molecule has 104 valence electrons. The van der Waals surface area contributed by atoms with Crippen LogP contribution in [0.1, 0.15) is 37.1 Å². The van der Waals surface area contributed by atoms with Crippen molar-refractivity contribution in [3.63, 3.8) is 0 Å². The van der Waals surface area contributed by atoms with Crippen LogP contribution in [0.5, 0.6) is 0 Å². The van der Waals surface area contributed by atoms with Crippen molar-refractivity contribution in [3.8, 4) is 0 Å². The van der Waals surface area contributed by atoms with Crippen molar-refractivity contribution in [1.29, 1.82) is 0 Å². The molecule has 0 saturated heterocycles. The highest BCUT2D eigenvalue weighted by Crippen LogP contribution is 2.26. The van der Waals surface area contributed by atoms with Crippen molar-refractivity contribution in [1.82, 2.24) is 10.3 Å². The van der Waals surface area contributed by atoms with Gasteiger partial charge >= 0.3 is 0 Å². The Kier molecular flexibility index (Phi) is 5.31. The average molecular weight is 290 g/mol. The first-order valence-corrected chi connectivity index (χ1v) is 8.90. The van der Waals surface area contributed by atoms with Gasteiger partial charge in [0, 0.05) is 29.3 Å².